The molecule has 1 aliphatic rings. The van der Waals surface area contributed by atoms with Gasteiger partial charge in [-0.3, -0.25) is 0 Å². The van der Waals surface area contributed by atoms with Crippen LogP contribution < -0.4 is 21.3 Å². The molecule has 2 aromatic rings. The average molecular weight is 503 g/mol. The minimum absolute atomic E-state index is 0. The van der Waals surface area contributed by atoms with Crippen molar-refractivity contribution in [2.75, 3.05) is 61.7 Å². The molecule has 9 heteroatoms. The number of halogens is 5. The maximum Gasteiger partial charge on any atom is 0.0426 e. The summed E-state index contributed by atoms with van der Waals surface area (Å²) in [6.45, 7) is 5.97. The predicted octanol–water partition coefficient (Wildman–Crippen LogP) is 5.15. The van der Waals surface area contributed by atoms with E-state index in [0.717, 1.165) is 44.3 Å². The number of hydrogen-bond donors (Lipinski definition) is 3. The van der Waals surface area contributed by atoms with Gasteiger partial charge in [0.2, 0.25) is 0 Å². The number of hydrogen-bond acceptors (Lipinski definition) is 4. The number of nitrogen functional groups attached to an aromatic ring is 1. The fourth-order valence-electron chi connectivity index (χ4n) is 2.36. The van der Waals surface area contributed by atoms with Crippen LogP contribution in [0.5, 0.6) is 0 Å². The summed E-state index contributed by atoms with van der Waals surface area (Å²) in [4.78, 5) is 2.35. The van der Waals surface area contributed by atoms with Gasteiger partial charge in [0.15, 0.2) is 0 Å². The van der Waals surface area contributed by atoms with Gasteiger partial charge in [-0.2, -0.15) is 0 Å². The summed E-state index contributed by atoms with van der Waals surface area (Å²) in [5.41, 5.74) is 7.31. The van der Waals surface area contributed by atoms with Crippen LogP contribution in [-0.2, 0) is 0 Å². The molecule has 0 aromatic heterocycles. The van der Waals surface area contributed by atoms with Crippen LogP contribution in [0.4, 0.5) is 11.4 Å². The molecule has 1 heterocycles. The smallest absolute Gasteiger partial charge is 0.0426 e. The summed E-state index contributed by atoms with van der Waals surface area (Å²) in [6.07, 6.45) is 0. The molecule has 164 valence electrons. The van der Waals surface area contributed by atoms with Crippen molar-refractivity contribution >= 4 is 70.2 Å². The second kappa shape index (κ2) is 18.2. The first-order valence-electron chi connectivity index (χ1n) is 9.11. The maximum absolute atomic E-state index is 5.92. The third-order valence-corrected chi connectivity index (χ3v) is 4.53. The second-order valence-corrected chi connectivity index (χ2v) is 7.53. The summed E-state index contributed by atoms with van der Waals surface area (Å²) in [6, 6.07) is 15.2. The summed E-state index contributed by atoms with van der Waals surface area (Å²) in [7, 11) is 0. The van der Waals surface area contributed by atoms with Crippen LogP contribution in [0.15, 0.2) is 48.5 Å². The predicted molar refractivity (Wildman–Crippen MR) is 134 cm³/mol. The lowest BCUT2D eigenvalue weighted by Crippen LogP contribution is -2.43. The van der Waals surface area contributed by atoms with Gasteiger partial charge in [0.25, 0.3) is 0 Å². The third kappa shape index (κ3) is 14.1. The molecule has 1 saturated heterocycles. The van der Waals surface area contributed by atoms with Crippen molar-refractivity contribution in [3.05, 3.63) is 58.6 Å². The van der Waals surface area contributed by atoms with Crippen molar-refractivity contribution in [1.29, 1.82) is 0 Å². The Balaban J connectivity index is 0.000000428. The van der Waals surface area contributed by atoms with Crippen LogP contribution in [0.3, 0.4) is 0 Å². The van der Waals surface area contributed by atoms with E-state index in [0.29, 0.717) is 22.5 Å². The van der Waals surface area contributed by atoms with Gasteiger partial charge in [-0.1, -0.05) is 35.3 Å². The van der Waals surface area contributed by atoms with Gasteiger partial charge in [0.1, 0.15) is 0 Å². The van der Waals surface area contributed by atoms with Gasteiger partial charge >= 0.3 is 0 Å². The highest BCUT2D eigenvalue weighted by Crippen LogP contribution is 2.19. The van der Waals surface area contributed by atoms with Gasteiger partial charge in [0.05, 0.1) is 0 Å². The molecule has 0 radical (unpaired) electrons. The average Bonchev–Trinajstić information content (AvgIpc) is 2.70. The van der Waals surface area contributed by atoms with Gasteiger partial charge in [-0.05, 0) is 36.4 Å². The van der Waals surface area contributed by atoms with E-state index in [-0.39, 0.29) is 12.4 Å². The van der Waals surface area contributed by atoms with Crippen molar-refractivity contribution in [1.82, 2.24) is 10.6 Å². The number of piperazine rings is 1. The van der Waals surface area contributed by atoms with E-state index in [2.05, 4.69) is 21.6 Å². The van der Waals surface area contributed by atoms with Crippen LogP contribution in [0, 0.1) is 0 Å². The number of nitrogens with two attached hydrogens (primary N) is 1. The van der Waals surface area contributed by atoms with Gasteiger partial charge in [-0.25, -0.2) is 0 Å². The summed E-state index contributed by atoms with van der Waals surface area (Å²) in [5, 5.41) is 7.85. The molecule has 0 amide bonds. The molecule has 0 saturated carbocycles. The monoisotopic (exact) mass is 500 g/mol. The molecule has 3 rings (SSSR count). The molecule has 1 fully saturated rings. The Bertz CT molecular complexity index is 633. The van der Waals surface area contributed by atoms with Crippen molar-refractivity contribution in [3.63, 3.8) is 0 Å². The summed E-state index contributed by atoms with van der Waals surface area (Å²) >= 11 is 22.2. The van der Waals surface area contributed by atoms with Crippen molar-refractivity contribution in [2.24, 2.45) is 0 Å². The number of benzene rings is 2. The topological polar surface area (TPSA) is 53.3 Å². The lowest BCUT2D eigenvalue weighted by atomic mass is 10.2. The molecule has 2 aromatic carbocycles. The Hall–Kier alpha value is -0.590. The highest BCUT2D eigenvalue weighted by atomic mass is 35.5. The lowest BCUT2D eigenvalue weighted by Gasteiger charge is -2.29. The van der Waals surface area contributed by atoms with E-state index in [1.54, 1.807) is 18.2 Å². The van der Waals surface area contributed by atoms with E-state index >= 15 is 0 Å². The number of anilines is 2. The van der Waals surface area contributed by atoms with Crippen LogP contribution in [0.1, 0.15) is 0 Å². The molecular weight excluding hydrogens is 474 g/mol. The molecule has 0 aliphatic carbocycles. The molecule has 0 bridgehead atoms. The minimum atomic E-state index is 0. The lowest BCUT2D eigenvalue weighted by molar-refractivity contribution is 0.589. The summed E-state index contributed by atoms with van der Waals surface area (Å²) in [5.74, 6) is 1.33. The van der Waals surface area contributed by atoms with Gasteiger partial charge < -0.3 is 21.3 Å². The Kier molecular flexibility index (Phi) is 17.8. The molecule has 1 aliphatic heterocycles. The van der Waals surface area contributed by atoms with E-state index in [1.807, 2.05) is 24.3 Å². The largest absolute Gasteiger partial charge is 0.399 e. The fraction of sp³-hybridized carbons (Fsp3) is 0.400. The summed E-state index contributed by atoms with van der Waals surface area (Å²) < 4.78 is 0. The van der Waals surface area contributed by atoms with E-state index in [1.165, 1.54) is 5.69 Å². The highest BCUT2D eigenvalue weighted by molar-refractivity contribution is 6.31. The Morgan fingerprint density at radius 1 is 0.897 bits per heavy atom. The zero-order chi connectivity index (χ0) is 20.6. The maximum atomic E-state index is 5.92. The first-order chi connectivity index (χ1) is 13.6. The molecule has 0 spiro atoms. The molecule has 29 heavy (non-hydrogen) atoms. The standard InChI is InChI=1S/C10H13ClN2.C6H6ClN.C4H9Cl2N.ClH/c11-9-2-1-3-10(8-9)13-6-4-12-5-7-13;7-5-2-1-3-6(8)4-5;5-1-3-7-4-2-6;/h1-3,8,12H,4-7H2;1-4H,8H2;7H,1-4H2;1H. The minimum Gasteiger partial charge on any atom is -0.399 e. The number of alkyl halides is 2. The highest BCUT2D eigenvalue weighted by Gasteiger charge is 2.09. The molecule has 4 nitrogen and oxygen atoms in total. The van der Waals surface area contributed by atoms with E-state index in [4.69, 9.17) is 52.1 Å². The normalized spacial score (nSPS) is 12.6. The number of nitrogens with zero attached hydrogens (tertiary/aromatic N) is 1. The van der Waals surface area contributed by atoms with E-state index < -0.39 is 0 Å². The van der Waals surface area contributed by atoms with Crippen LogP contribution >= 0.6 is 58.8 Å². The van der Waals surface area contributed by atoms with Crippen molar-refractivity contribution in [3.8, 4) is 0 Å². The SMILES string of the molecule is Cl.ClCCNCCCl.Clc1cccc(N2CCNCC2)c1.Nc1cccc(Cl)c1. The van der Waals surface area contributed by atoms with E-state index in [9.17, 15) is 0 Å². The first-order valence-corrected chi connectivity index (χ1v) is 10.9. The Morgan fingerprint density at radius 2 is 1.45 bits per heavy atom. The van der Waals surface area contributed by atoms with Crippen LogP contribution in [0.25, 0.3) is 0 Å². The zero-order valence-electron chi connectivity index (χ0n) is 16.2. The molecule has 4 N–H and O–H groups in total. The quantitative estimate of drug-likeness (QED) is 0.301. The third-order valence-electron chi connectivity index (χ3n) is 3.68. The fourth-order valence-corrected chi connectivity index (χ4v) is 3.01. The van der Waals surface area contributed by atoms with Crippen molar-refractivity contribution < 1.29 is 0 Å². The second-order valence-electron chi connectivity index (χ2n) is 5.90. The molecule has 0 unspecified atom stereocenters. The first kappa shape index (κ1) is 28.4. The van der Waals surface area contributed by atoms with Gasteiger partial charge in [0, 0.05) is 72.4 Å². The molecule has 0 atom stereocenters. The van der Waals surface area contributed by atoms with Crippen LogP contribution in [0.2, 0.25) is 10.0 Å². The number of rotatable bonds is 5. The van der Waals surface area contributed by atoms with Crippen molar-refractivity contribution in [2.45, 2.75) is 0 Å². The zero-order valence-corrected chi connectivity index (χ0v) is 20.1. The Labute approximate surface area is 200 Å². The van der Waals surface area contributed by atoms with Gasteiger partial charge in [-0.15, -0.1) is 35.6 Å². The van der Waals surface area contributed by atoms with Crippen LogP contribution in [-0.4, -0.2) is 51.0 Å². The number of nitrogens with one attached hydrogen (secondary N) is 2. The Morgan fingerprint density at radius 3 is 1.90 bits per heavy atom. The molecular formula is C20H29Cl5N4.